The Morgan fingerprint density at radius 3 is 2.12 bits per heavy atom. The van der Waals surface area contributed by atoms with Crippen molar-refractivity contribution in [3.05, 3.63) is 0 Å². The molecule has 1 aliphatic carbocycles. The standard InChI is InChI=1S/C13H27N3/c1-4-15(5-2)10-7-11-16(6-3)13(14)12-8-9-12/h12,14H,4-11H2,1-3H3. The summed E-state index contributed by atoms with van der Waals surface area (Å²) in [6, 6.07) is 0. The molecule has 0 atom stereocenters. The summed E-state index contributed by atoms with van der Waals surface area (Å²) < 4.78 is 0. The number of nitrogens with one attached hydrogen (secondary N) is 1. The summed E-state index contributed by atoms with van der Waals surface area (Å²) in [6.45, 7) is 12.1. The van der Waals surface area contributed by atoms with Crippen molar-refractivity contribution >= 4 is 5.84 Å². The molecule has 0 aliphatic heterocycles. The van der Waals surface area contributed by atoms with Gasteiger partial charge < -0.3 is 9.80 Å². The molecule has 0 aromatic rings. The van der Waals surface area contributed by atoms with Gasteiger partial charge in [-0.1, -0.05) is 13.8 Å². The molecule has 1 rings (SSSR count). The minimum Gasteiger partial charge on any atom is -0.361 e. The Bertz CT molecular complexity index is 207. The molecule has 0 saturated heterocycles. The number of rotatable bonds is 8. The summed E-state index contributed by atoms with van der Waals surface area (Å²) in [4.78, 5) is 4.70. The normalized spacial score (nSPS) is 15.5. The first kappa shape index (κ1) is 13.5. The van der Waals surface area contributed by atoms with E-state index in [0.717, 1.165) is 32.0 Å². The fourth-order valence-corrected chi connectivity index (χ4v) is 2.09. The molecule has 0 aromatic heterocycles. The van der Waals surface area contributed by atoms with Crippen molar-refractivity contribution in [2.45, 2.75) is 40.0 Å². The van der Waals surface area contributed by atoms with Crippen molar-refractivity contribution in [2.24, 2.45) is 5.92 Å². The van der Waals surface area contributed by atoms with Gasteiger partial charge in [-0.25, -0.2) is 0 Å². The highest BCUT2D eigenvalue weighted by Crippen LogP contribution is 2.31. The smallest absolute Gasteiger partial charge is 0.0989 e. The van der Waals surface area contributed by atoms with Gasteiger partial charge >= 0.3 is 0 Å². The number of hydrogen-bond acceptors (Lipinski definition) is 2. The zero-order chi connectivity index (χ0) is 12.0. The van der Waals surface area contributed by atoms with Gasteiger partial charge in [-0.05, 0) is 45.8 Å². The predicted molar refractivity (Wildman–Crippen MR) is 70.1 cm³/mol. The molecule has 0 heterocycles. The lowest BCUT2D eigenvalue weighted by Crippen LogP contribution is -2.34. The third-order valence-corrected chi connectivity index (χ3v) is 3.48. The van der Waals surface area contributed by atoms with Crippen molar-refractivity contribution < 1.29 is 0 Å². The average molecular weight is 225 g/mol. The number of hydrogen-bond donors (Lipinski definition) is 1. The minimum absolute atomic E-state index is 0.591. The van der Waals surface area contributed by atoms with E-state index < -0.39 is 0 Å². The highest BCUT2D eigenvalue weighted by atomic mass is 15.2. The Hall–Kier alpha value is -0.570. The van der Waals surface area contributed by atoms with Crippen LogP contribution in [0.3, 0.4) is 0 Å². The molecule has 0 radical (unpaired) electrons. The van der Waals surface area contributed by atoms with Gasteiger partial charge in [-0.3, -0.25) is 5.41 Å². The second-order valence-electron chi connectivity index (χ2n) is 4.62. The molecule has 0 bridgehead atoms. The quantitative estimate of drug-likeness (QED) is 0.508. The number of nitrogens with zero attached hydrogens (tertiary/aromatic N) is 2. The topological polar surface area (TPSA) is 30.3 Å². The van der Waals surface area contributed by atoms with E-state index in [9.17, 15) is 0 Å². The van der Waals surface area contributed by atoms with E-state index in [-0.39, 0.29) is 0 Å². The molecule has 0 amide bonds. The summed E-state index contributed by atoms with van der Waals surface area (Å²) in [5.74, 6) is 1.48. The maximum Gasteiger partial charge on any atom is 0.0989 e. The monoisotopic (exact) mass is 225 g/mol. The van der Waals surface area contributed by atoms with Crippen LogP contribution in [0, 0.1) is 11.3 Å². The highest BCUT2D eigenvalue weighted by molar-refractivity contribution is 5.83. The SMILES string of the molecule is CCN(CC)CCCN(CC)C(=N)C1CC1. The fraction of sp³-hybridized carbons (Fsp3) is 0.923. The van der Waals surface area contributed by atoms with Gasteiger partial charge in [-0.15, -0.1) is 0 Å². The maximum absolute atomic E-state index is 8.05. The van der Waals surface area contributed by atoms with E-state index in [4.69, 9.17) is 5.41 Å². The summed E-state index contributed by atoms with van der Waals surface area (Å²) in [6.07, 6.45) is 3.67. The predicted octanol–water partition coefficient (Wildman–Crippen LogP) is 2.43. The van der Waals surface area contributed by atoms with Crippen molar-refractivity contribution in [3.63, 3.8) is 0 Å². The van der Waals surface area contributed by atoms with Gasteiger partial charge in [0.05, 0.1) is 5.84 Å². The lowest BCUT2D eigenvalue weighted by atomic mass is 10.3. The average Bonchev–Trinajstić information content (AvgIpc) is 3.13. The van der Waals surface area contributed by atoms with Gasteiger partial charge in [0.1, 0.15) is 0 Å². The van der Waals surface area contributed by atoms with Crippen LogP contribution in [-0.4, -0.2) is 48.4 Å². The zero-order valence-electron chi connectivity index (χ0n) is 11.1. The molecule has 1 N–H and O–H groups in total. The van der Waals surface area contributed by atoms with Crippen LogP contribution >= 0.6 is 0 Å². The van der Waals surface area contributed by atoms with E-state index in [2.05, 4.69) is 30.6 Å². The molecular weight excluding hydrogens is 198 g/mol. The second kappa shape index (κ2) is 6.89. The molecule has 0 unspecified atom stereocenters. The zero-order valence-corrected chi connectivity index (χ0v) is 11.1. The summed E-state index contributed by atoms with van der Waals surface area (Å²) in [7, 11) is 0. The van der Waals surface area contributed by atoms with E-state index in [0.29, 0.717) is 5.92 Å². The van der Waals surface area contributed by atoms with E-state index in [1.807, 2.05) is 0 Å². The van der Waals surface area contributed by atoms with Crippen LogP contribution in [0.5, 0.6) is 0 Å². The van der Waals surface area contributed by atoms with Gasteiger partial charge in [-0.2, -0.15) is 0 Å². The van der Waals surface area contributed by atoms with Crippen LogP contribution in [0.1, 0.15) is 40.0 Å². The largest absolute Gasteiger partial charge is 0.361 e. The van der Waals surface area contributed by atoms with Crippen LogP contribution in [0.2, 0.25) is 0 Å². The lowest BCUT2D eigenvalue weighted by Gasteiger charge is -2.25. The second-order valence-corrected chi connectivity index (χ2v) is 4.62. The Morgan fingerprint density at radius 2 is 1.69 bits per heavy atom. The van der Waals surface area contributed by atoms with Crippen molar-refractivity contribution in [1.29, 1.82) is 5.41 Å². The lowest BCUT2D eigenvalue weighted by molar-refractivity contribution is 0.282. The molecule has 3 nitrogen and oxygen atoms in total. The van der Waals surface area contributed by atoms with Crippen LogP contribution in [-0.2, 0) is 0 Å². The summed E-state index contributed by atoms with van der Waals surface area (Å²) >= 11 is 0. The first-order valence-corrected chi connectivity index (χ1v) is 6.78. The maximum atomic E-state index is 8.05. The molecule has 1 saturated carbocycles. The summed E-state index contributed by atoms with van der Waals surface area (Å²) in [5, 5.41) is 8.05. The Labute approximate surface area is 100 Å². The van der Waals surface area contributed by atoms with Gasteiger partial charge in [0.2, 0.25) is 0 Å². The van der Waals surface area contributed by atoms with Crippen LogP contribution in [0.4, 0.5) is 0 Å². The molecule has 1 aliphatic rings. The van der Waals surface area contributed by atoms with E-state index in [1.54, 1.807) is 0 Å². The molecule has 0 spiro atoms. The third kappa shape index (κ3) is 4.12. The number of amidine groups is 1. The Morgan fingerprint density at radius 1 is 1.06 bits per heavy atom. The molecule has 1 fully saturated rings. The van der Waals surface area contributed by atoms with Gasteiger partial charge in [0, 0.05) is 19.0 Å². The van der Waals surface area contributed by atoms with E-state index >= 15 is 0 Å². The fourth-order valence-electron chi connectivity index (χ4n) is 2.09. The Balaban J connectivity index is 2.20. The third-order valence-electron chi connectivity index (χ3n) is 3.48. The van der Waals surface area contributed by atoms with Gasteiger partial charge in [0.15, 0.2) is 0 Å². The van der Waals surface area contributed by atoms with Gasteiger partial charge in [0.25, 0.3) is 0 Å². The first-order valence-electron chi connectivity index (χ1n) is 6.78. The van der Waals surface area contributed by atoms with Crippen molar-refractivity contribution in [1.82, 2.24) is 9.80 Å². The summed E-state index contributed by atoms with van der Waals surface area (Å²) in [5.41, 5.74) is 0. The molecule has 16 heavy (non-hydrogen) atoms. The molecule has 94 valence electrons. The van der Waals surface area contributed by atoms with Crippen LogP contribution in [0.25, 0.3) is 0 Å². The highest BCUT2D eigenvalue weighted by Gasteiger charge is 2.29. The Kier molecular flexibility index (Phi) is 5.81. The minimum atomic E-state index is 0.591. The van der Waals surface area contributed by atoms with Crippen molar-refractivity contribution in [3.8, 4) is 0 Å². The van der Waals surface area contributed by atoms with Crippen LogP contribution in [0.15, 0.2) is 0 Å². The van der Waals surface area contributed by atoms with E-state index in [1.165, 1.54) is 25.8 Å². The first-order chi connectivity index (χ1) is 7.72. The molecular formula is C13H27N3. The molecule has 3 heteroatoms. The molecule has 0 aromatic carbocycles. The van der Waals surface area contributed by atoms with Crippen LogP contribution < -0.4 is 0 Å². The van der Waals surface area contributed by atoms with Crippen molar-refractivity contribution in [2.75, 3.05) is 32.7 Å².